The van der Waals surface area contributed by atoms with Crippen LogP contribution in [0.5, 0.6) is 5.75 Å². The Morgan fingerprint density at radius 2 is 1.85 bits per heavy atom. The van der Waals surface area contributed by atoms with E-state index in [1.807, 2.05) is 5.32 Å². The summed E-state index contributed by atoms with van der Waals surface area (Å²) in [6, 6.07) is 4.73. The third kappa shape index (κ3) is 5.32. The molecule has 1 heterocycles. The number of aliphatic hydroxyl groups is 1. The normalized spacial score (nSPS) is 16.7. The van der Waals surface area contributed by atoms with E-state index < -0.39 is 34.8 Å². The van der Waals surface area contributed by atoms with Crippen molar-refractivity contribution in [3.8, 4) is 5.75 Å². The number of carbonyl (C=O) groups excluding carboxylic acids is 2. The number of pyridine rings is 1. The number of benzene rings is 1. The number of alkyl halides is 3. The largest absolute Gasteiger partial charge is 0.508 e. The molecule has 2 aromatic rings. The highest BCUT2D eigenvalue weighted by molar-refractivity contribution is 5.93. The van der Waals surface area contributed by atoms with Crippen LogP contribution in [0.15, 0.2) is 30.5 Å². The van der Waals surface area contributed by atoms with Gasteiger partial charge in [0.1, 0.15) is 28.6 Å². The second kappa shape index (κ2) is 8.74. The summed E-state index contributed by atoms with van der Waals surface area (Å²) in [5.41, 5.74) is -3.66. The monoisotopic (exact) mass is 468 g/mol. The van der Waals surface area contributed by atoms with Gasteiger partial charge in [0.2, 0.25) is 0 Å². The molecule has 1 amide bonds. The molecule has 0 aliphatic heterocycles. The molecule has 3 N–H and O–H groups in total. The Hall–Kier alpha value is -3.01. The minimum Gasteiger partial charge on any atom is -0.508 e. The first-order valence-electron chi connectivity index (χ1n) is 10.4. The van der Waals surface area contributed by atoms with Crippen molar-refractivity contribution < 1.29 is 37.4 Å². The minimum absolute atomic E-state index is 0.00998. The van der Waals surface area contributed by atoms with Gasteiger partial charge < -0.3 is 15.5 Å². The van der Waals surface area contributed by atoms with Gasteiger partial charge in [-0.2, -0.15) is 13.2 Å². The van der Waals surface area contributed by atoms with E-state index in [0.717, 1.165) is 12.1 Å². The van der Waals surface area contributed by atoms with E-state index in [1.165, 1.54) is 25.3 Å². The zero-order chi connectivity index (χ0) is 24.6. The molecule has 1 aliphatic rings. The number of hydrogen-bond donors (Lipinski definition) is 3. The van der Waals surface area contributed by atoms with Crippen LogP contribution in [-0.4, -0.2) is 38.6 Å². The smallest absolute Gasteiger partial charge is 0.411 e. The van der Waals surface area contributed by atoms with Crippen molar-refractivity contribution in [2.75, 3.05) is 0 Å². The Morgan fingerprint density at radius 3 is 2.42 bits per heavy atom. The van der Waals surface area contributed by atoms with Crippen LogP contribution in [0.4, 0.5) is 17.6 Å². The molecule has 0 radical (unpaired) electrons. The topological polar surface area (TPSA) is 99.5 Å². The maximum Gasteiger partial charge on any atom is 0.411 e. The molecular formula is C23H24F4N2O4. The van der Waals surface area contributed by atoms with Crippen molar-refractivity contribution in [3.63, 3.8) is 0 Å². The number of nitrogens with one attached hydrogen (secondary N) is 1. The van der Waals surface area contributed by atoms with E-state index in [1.54, 1.807) is 6.92 Å². The van der Waals surface area contributed by atoms with Crippen molar-refractivity contribution in [2.24, 2.45) is 0 Å². The van der Waals surface area contributed by atoms with Gasteiger partial charge in [0.25, 0.3) is 5.91 Å². The van der Waals surface area contributed by atoms with Crippen molar-refractivity contribution in [2.45, 2.75) is 63.3 Å². The van der Waals surface area contributed by atoms with Gasteiger partial charge in [-0.05, 0) is 61.6 Å². The summed E-state index contributed by atoms with van der Waals surface area (Å²) >= 11 is 0. The fourth-order valence-corrected chi connectivity index (χ4v) is 3.46. The van der Waals surface area contributed by atoms with Crippen LogP contribution in [0, 0.1) is 5.82 Å². The van der Waals surface area contributed by atoms with Crippen LogP contribution in [0.1, 0.15) is 60.3 Å². The maximum atomic E-state index is 14.5. The Bertz CT molecular complexity index is 1080. The van der Waals surface area contributed by atoms with Gasteiger partial charge >= 0.3 is 6.18 Å². The molecule has 1 saturated carbocycles. The molecule has 1 aromatic heterocycles. The lowest BCUT2D eigenvalue weighted by molar-refractivity contribution is -0.163. The fraction of sp³-hybridized carbons (Fsp3) is 0.435. The molecule has 6 nitrogen and oxygen atoms in total. The summed E-state index contributed by atoms with van der Waals surface area (Å²) in [6.07, 6.45) is -4.11. The molecule has 1 fully saturated rings. The molecule has 1 atom stereocenters. The fourth-order valence-electron chi connectivity index (χ4n) is 3.46. The van der Waals surface area contributed by atoms with Crippen LogP contribution in [0.25, 0.3) is 0 Å². The summed E-state index contributed by atoms with van der Waals surface area (Å²) < 4.78 is 53.7. The molecule has 178 valence electrons. The average molecular weight is 468 g/mol. The van der Waals surface area contributed by atoms with Crippen LogP contribution in [-0.2, 0) is 23.2 Å². The zero-order valence-corrected chi connectivity index (χ0v) is 18.1. The summed E-state index contributed by atoms with van der Waals surface area (Å²) in [6.45, 7) is 3.11. The van der Waals surface area contributed by atoms with E-state index in [4.69, 9.17) is 0 Å². The van der Waals surface area contributed by atoms with Gasteiger partial charge in [0.05, 0.1) is 5.60 Å². The van der Waals surface area contributed by atoms with Crippen molar-refractivity contribution >= 4 is 11.7 Å². The highest BCUT2D eigenvalue weighted by Crippen LogP contribution is 2.49. The second-order valence-corrected chi connectivity index (χ2v) is 8.56. The quantitative estimate of drug-likeness (QED) is 0.513. The number of hydrogen-bond acceptors (Lipinski definition) is 5. The van der Waals surface area contributed by atoms with Gasteiger partial charge in [-0.15, -0.1) is 0 Å². The molecule has 1 unspecified atom stereocenters. The number of Topliss-reactive ketones (excluding diaryl/α,β-unsaturated/α-hetero) is 1. The Labute approximate surface area is 187 Å². The SMILES string of the molecule is CCC(C)(O)c1cc(F)c(CC(=O)Cc2ccnc(C(=O)NC3(C(F)(F)F)CC3)c2)cc1O. The molecule has 10 heteroatoms. The van der Waals surface area contributed by atoms with E-state index in [0.29, 0.717) is 5.56 Å². The van der Waals surface area contributed by atoms with E-state index >= 15 is 0 Å². The number of halogens is 4. The van der Waals surface area contributed by atoms with Gasteiger partial charge in [0, 0.05) is 24.6 Å². The first-order valence-corrected chi connectivity index (χ1v) is 10.4. The maximum absolute atomic E-state index is 14.5. The number of phenolic OH excluding ortho intramolecular Hbond substituents is 1. The number of aromatic hydroxyl groups is 1. The van der Waals surface area contributed by atoms with Crippen LogP contribution in [0.3, 0.4) is 0 Å². The summed E-state index contributed by atoms with van der Waals surface area (Å²) in [4.78, 5) is 28.5. The number of ketones is 1. The predicted octanol–water partition coefficient (Wildman–Crippen LogP) is 3.72. The van der Waals surface area contributed by atoms with Crippen LogP contribution >= 0.6 is 0 Å². The molecule has 33 heavy (non-hydrogen) atoms. The molecule has 0 saturated heterocycles. The molecule has 0 bridgehead atoms. The molecular weight excluding hydrogens is 444 g/mol. The van der Waals surface area contributed by atoms with Gasteiger partial charge in [-0.1, -0.05) is 6.92 Å². The zero-order valence-electron chi connectivity index (χ0n) is 18.1. The number of phenols is 1. The highest BCUT2D eigenvalue weighted by atomic mass is 19.4. The lowest BCUT2D eigenvalue weighted by Crippen LogP contribution is -2.48. The Morgan fingerprint density at radius 1 is 1.18 bits per heavy atom. The van der Waals surface area contributed by atoms with Crippen molar-refractivity contribution in [1.29, 1.82) is 0 Å². The van der Waals surface area contributed by atoms with E-state index in [2.05, 4.69) is 4.98 Å². The number of carbonyl (C=O) groups is 2. The number of amides is 1. The average Bonchev–Trinajstić information content (AvgIpc) is 3.51. The highest BCUT2D eigenvalue weighted by Gasteiger charge is 2.64. The first-order chi connectivity index (χ1) is 15.3. The molecule has 1 aromatic carbocycles. The molecule has 0 spiro atoms. The summed E-state index contributed by atoms with van der Waals surface area (Å²) in [5.74, 6) is -2.54. The molecule has 3 rings (SSSR count). The Balaban J connectivity index is 1.69. The van der Waals surface area contributed by atoms with Gasteiger partial charge in [-0.25, -0.2) is 4.39 Å². The van der Waals surface area contributed by atoms with Gasteiger partial charge in [-0.3, -0.25) is 14.6 Å². The number of aromatic nitrogens is 1. The third-order valence-corrected chi connectivity index (χ3v) is 5.92. The second-order valence-electron chi connectivity index (χ2n) is 8.56. The first kappa shape index (κ1) is 24.6. The minimum atomic E-state index is -4.56. The lowest BCUT2D eigenvalue weighted by Gasteiger charge is -2.23. The third-order valence-electron chi connectivity index (χ3n) is 5.92. The number of rotatable bonds is 8. The van der Waals surface area contributed by atoms with E-state index in [-0.39, 0.29) is 54.7 Å². The van der Waals surface area contributed by atoms with Crippen molar-refractivity contribution in [3.05, 3.63) is 58.7 Å². The summed E-state index contributed by atoms with van der Waals surface area (Å²) in [7, 11) is 0. The summed E-state index contributed by atoms with van der Waals surface area (Å²) in [5, 5.41) is 22.4. The number of nitrogens with zero attached hydrogens (tertiary/aromatic N) is 1. The van der Waals surface area contributed by atoms with Crippen molar-refractivity contribution in [1.82, 2.24) is 10.3 Å². The molecule has 1 aliphatic carbocycles. The van der Waals surface area contributed by atoms with E-state index in [9.17, 15) is 37.4 Å². The van der Waals surface area contributed by atoms with Gasteiger partial charge in [0.15, 0.2) is 0 Å². The lowest BCUT2D eigenvalue weighted by atomic mass is 9.90. The predicted molar refractivity (Wildman–Crippen MR) is 110 cm³/mol. The van der Waals surface area contributed by atoms with Crippen LogP contribution in [0.2, 0.25) is 0 Å². The standard InChI is InChI=1S/C23H24F4N2O4/c1-3-21(2,33)16-12-17(24)14(11-19(16)31)10-15(30)8-13-4-7-28-18(9-13)20(32)29-22(5-6-22)23(25,26)27/h4,7,9,11-12,31,33H,3,5-6,8,10H2,1-2H3,(H,29,32). The Kier molecular flexibility index (Phi) is 6.52. The van der Waals surface area contributed by atoms with Crippen LogP contribution < -0.4 is 5.32 Å².